The molecule has 0 saturated carbocycles. The summed E-state index contributed by atoms with van der Waals surface area (Å²) < 4.78 is 5.34. The predicted octanol–water partition coefficient (Wildman–Crippen LogP) is 2.57. The zero-order valence-corrected chi connectivity index (χ0v) is 9.99. The van der Waals surface area contributed by atoms with Crippen LogP contribution >= 0.6 is 11.6 Å². The Labute approximate surface area is 104 Å². The molecule has 0 aliphatic carbocycles. The van der Waals surface area contributed by atoms with E-state index in [-0.39, 0.29) is 11.1 Å². The number of hydrogen-bond donors (Lipinski definition) is 1. The maximum absolute atomic E-state index is 11.8. The van der Waals surface area contributed by atoms with E-state index in [9.17, 15) is 4.79 Å². The van der Waals surface area contributed by atoms with Crippen LogP contribution in [0.4, 0.5) is 0 Å². The summed E-state index contributed by atoms with van der Waals surface area (Å²) >= 11 is 5.81. The van der Waals surface area contributed by atoms with Crippen molar-refractivity contribution in [3.05, 3.63) is 52.7 Å². The van der Waals surface area contributed by atoms with Crippen LogP contribution in [-0.2, 0) is 6.54 Å². The van der Waals surface area contributed by atoms with Crippen molar-refractivity contribution in [3.8, 4) is 0 Å². The van der Waals surface area contributed by atoms with E-state index in [1.807, 2.05) is 19.1 Å². The first-order valence-corrected chi connectivity index (χ1v) is 5.48. The van der Waals surface area contributed by atoms with Crippen molar-refractivity contribution in [2.24, 2.45) is 0 Å². The molecule has 0 bridgehead atoms. The fourth-order valence-corrected chi connectivity index (χ4v) is 1.60. The van der Waals surface area contributed by atoms with Gasteiger partial charge in [-0.05, 0) is 31.2 Å². The van der Waals surface area contributed by atoms with Crippen LogP contribution in [-0.4, -0.2) is 10.9 Å². The van der Waals surface area contributed by atoms with E-state index >= 15 is 0 Å². The van der Waals surface area contributed by atoms with Crippen molar-refractivity contribution in [1.82, 2.24) is 10.3 Å². The minimum Gasteiger partial charge on any atom is -0.465 e. The van der Waals surface area contributed by atoms with Crippen LogP contribution in [0.1, 0.15) is 21.9 Å². The molecular formula is C12H11ClN2O2. The van der Waals surface area contributed by atoms with Gasteiger partial charge in [0.2, 0.25) is 0 Å². The number of furan rings is 1. The first kappa shape index (κ1) is 11.7. The van der Waals surface area contributed by atoms with Gasteiger partial charge in [-0.3, -0.25) is 4.79 Å². The van der Waals surface area contributed by atoms with Crippen LogP contribution in [0, 0.1) is 6.92 Å². The van der Waals surface area contributed by atoms with Gasteiger partial charge >= 0.3 is 0 Å². The highest BCUT2D eigenvalue weighted by Crippen LogP contribution is 2.12. The SMILES string of the molecule is Cc1ccc(CNC(=O)c2cccnc2Cl)o1. The fraction of sp³-hybridized carbons (Fsp3) is 0.167. The number of carbonyl (C=O) groups is 1. The van der Waals surface area contributed by atoms with Crippen molar-refractivity contribution < 1.29 is 9.21 Å². The van der Waals surface area contributed by atoms with Gasteiger partial charge in [-0.2, -0.15) is 0 Å². The molecule has 5 heteroatoms. The molecular weight excluding hydrogens is 240 g/mol. The third kappa shape index (κ3) is 2.85. The number of nitrogens with zero attached hydrogens (tertiary/aromatic N) is 1. The van der Waals surface area contributed by atoms with Crippen molar-refractivity contribution in [3.63, 3.8) is 0 Å². The Morgan fingerprint density at radius 1 is 1.47 bits per heavy atom. The number of halogens is 1. The highest BCUT2D eigenvalue weighted by atomic mass is 35.5. The number of aromatic nitrogens is 1. The second kappa shape index (κ2) is 5.01. The Bertz CT molecular complexity index is 537. The van der Waals surface area contributed by atoms with Gasteiger partial charge in [0.15, 0.2) is 0 Å². The lowest BCUT2D eigenvalue weighted by Crippen LogP contribution is -2.23. The molecule has 2 heterocycles. The van der Waals surface area contributed by atoms with Crippen LogP contribution in [0.3, 0.4) is 0 Å². The Kier molecular flexibility index (Phi) is 3.44. The van der Waals surface area contributed by atoms with Gasteiger partial charge < -0.3 is 9.73 Å². The van der Waals surface area contributed by atoms with Crippen molar-refractivity contribution in [2.75, 3.05) is 0 Å². The van der Waals surface area contributed by atoms with Crippen LogP contribution < -0.4 is 5.32 Å². The minimum atomic E-state index is -0.267. The van der Waals surface area contributed by atoms with Gasteiger partial charge in [0.25, 0.3) is 5.91 Å². The van der Waals surface area contributed by atoms with E-state index in [0.717, 1.165) is 5.76 Å². The Morgan fingerprint density at radius 2 is 2.29 bits per heavy atom. The first-order valence-electron chi connectivity index (χ1n) is 5.11. The molecule has 0 saturated heterocycles. The van der Waals surface area contributed by atoms with Gasteiger partial charge in [-0.25, -0.2) is 4.98 Å². The number of nitrogens with one attached hydrogen (secondary N) is 1. The summed E-state index contributed by atoms with van der Waals surface area (Å²) in [6, 6.07) is 6.95. The standard InChI is InChI=1S/C12H11ClN2O2/c1-8-4-5-9(17-8)7-15-12(16)10-3-2-6-14-11(10)13/h2-6H,7H2,1H3,(H,15,16). The van der Waals surface area contributed by atoms with Crippen LogP contribution in [0.5, 0.6) is 0 Å². The molecule has 0 fully saturated rings. The van der Waals surface area contributed by atoms with E-state index in [1.54, 1.807) is 12.1 Å². The lowest BCUT2D eigenvalue weighted by Gasteiger charge is -2.04. The lowest BCUT2D eigenvalue weighted by atomic mass is 10.2. The summed E-state index contributed by atoms with van der Waals surface area (Å²) in [5.74, 6) is 1.25. The number of pyridine rings is 1. The van der Waals surface area contributed by atoms with Crippen LogP contribution in [0.15, 0.2) is 34.9 Å². The van der Waals surface area contributed by atoms with Crippen molar-refractivity contribution in [2.45, 2.75) is 13.5 Å². The zero-order chi connectivity index (χ0) is 12.3. The molecule has 17 heavy (non-hydrogen) atoms. The summed E-state index contributed by atoms with van der Waals surface area (Å²) in [6.07, 6.45) is 1.54. The molecule has 0 spiro atoms. The second-order valence-corrected chi connectivity index (χ2v) is 3.89. The van der Waals surface area contributed by atoms with E-state index in [4.69, 9.17) is 16.0 Å². The van der Waals surface area contributed by atoms with Crippen LogP contribution in [0.2, 0.25) is 5.15 Å². The van der Waals surface area contributed by atoms with Gasteiger partial charge in [0.1, 0.15) is 16.7 Å². The number of aryl methyl sites for hydroxylation is 1. The molecule has 88 valence electrons. The third-order valence-corrected chi connectivity index (χ3v) is 2.52. The zero-order valence-electron chi connectivity index (χ0n) is 9.24. The first-order chi connectivity index (χ1) is 8.16. The molecule has 0 aliphatic heterocycles. The second-order valence-electron chi connectivity index (χ2n) is 3.54. The van der Waals surface area contributed by atoms with Gasteiger partial charge in [0.05, 0.1) is 12.1 Å². The van der Waals surface area contributed by atoms with E-state index in [1.165, 1.54) is 6.20 Å². The topological polar surface area (TPSA) is 55.1 Å². The van der Waals surface area contributed by atoms with Gasteiger partial charge in [-0.1, -0.05) is 11.6 Å². The van der Waals surface area contributed by atoms with Gasteiger partial charge in [-0.15, -0.1) is 0 Å². The van der Waals surface area contributed by atoms with Crippen molar-refractivity contribution >= 4 is 17.5 Å². The molecule has 0 unspecified atom stereocenters. The fourth-order valence-electron chi connectivity index (χ4n) is 1.40. The number of rotatable bonds is 3. The van der Waals surface area contributed by atoms with E-state index in [2.05, 4.69) is 10.3 Å². The molecule has 0 aromatic carbocycles. The maximum Gasteiger partial charge on any atom is 0.254 e. The largest absolute Gasteiger partial charge is 0.465 e. The summed E-state index contributed by atoms with van der Waals surface area (Å²) in [5, 5.41) is 2.91. The summed E-state index contributed by atoms with van der Waals surface area (Å²) in [7, 11) is 0. The molecule has 0 radical (unpaired) electrons. The number of amides is 1. The quantitative estimate of drug-likeness (QED) is 0.852. The minimum absolute atomic E-state index is 0.195. The average molecular weight is 251 g/mol. The molecule has 0 aliphatic rings. The molecule has 0 atom stereocenters. The highest BCUT2D eigenvalue weighted by Gasteiger charge is 2.10. The molecule has 1 amide bonds. The Balaban J connectivity index is 2.01. The monoisotopic (exact) mass is 250 g/mol. The number of hydrogen-bond acceptors (Lipinski definition) is 3. The predicted molar refractivity (Wildman–Crippen MR) is 63.9 cm³/mol. The van der Waals surface area contributed by atoms with Crippen LogP contribution in [0.25, 0.3) is 0 Å². The van der Waals surface area contributed by atoms with E-state index < -0.39 is 0 Å². The highest BCUT2D eigenvalue weighted by molar-refractivity contribution is 6.32. The molecule has 4 nitrogen and oxygen atoms in total. The molecule has 1 N–H and O–H groups in total. The summed E-state index contributed by atoms with van der Waals surface area (Å²) in [5.41, 5.74) is 0.359. The van der Waals surface area contributed by atoms with Gasteiger partial charge in [0, 0.05) is 6.20 Å². The maximum atomic E-state index is 11.8. The third-order valence-electron chi connectivity index (χ3n) is 2.22. The van der Waals surface area contributed by atoms with E-state index in [0.29, 0.717) is 17.9 Å². The molecule has 2 rings (SSSR count). The lowest BCUT2D eigenvalue weighted by molar-refractivity contribution is 0.0947. The van der Waals surface area contributed by atoms with Crippen molar-refractivity contribution in [1.29, 1.82) is 0 Å². The Morgan fingerprint density at radius 3 is 2.94 bits per heavy atom. The molecule has 2 aromatic heterocycles. The average Bonchev–Trinajstić information content (AvgIpc) is 2.73. The smallest absolute Gasteiger partial charge is 0.254 e. The summed E-state index contributed by atoms with van der Waals surface area (Å²) in [6.45, 7) is 2.18. The normalized spacial score (nSPS) is 10.2. The Hall–Kier alpha value is -1.81. The molecule has 2 aromatic rings. The summed E-state index contributed by atoms with van der Waals surface area (Å²) in [4.78, 5) is 15.6. The number of carbonyl (C=O) groups excluding carboxylic acids is 1.